The van der Waals surface area contributed by atoms with Crippen molar-refractivity contribution < 1.29 is 28.4 Å². The first kappa shape index (κ1) is 35.6. The van der Waals surface area contributed by atoms with Gasteiger partial charge in [0.1, 0.15) is 56.9 Å². The summed E-state index contributed by atoms with van der Waals surface area (Å²) < 4.78 is 34.7. The molecule has 0 N–H and O–H groups in total. The minimum absolute atomic E-state index is 0. The normalized spacial score (nSPS) is 10.5. The SMILES string of the molecule is C.COCCOc1ccc(Oc2cccc3nc(Br)ccc23)cc1.COCCOc1cccc(Oc2cccc3nc(Br)ccc23)c1. The molecule has 4 aromatic carbocycles. The zero-order valence-corrected chi connectivity index (χ0v) is 28.5. The molecule has 0 aliphatic rings. The van der Waals surface area contributed by atoms with Crippen molar-refractivity contribution in [2.24, 2.45) is 0 Å². The Labute approximate surface area is 291 Å². The van der Waals surface area contributed by atoms with Crippen LogP contribution in [0.4, 0.5) is 0 Å². The van der Waals surface area contributed by atoms with Crippen LogP contribution in [0.25, 0.3) is 21.8 Å². The lowest BCUT2D eigenvalue weighted by molar-refractivity contribution is 0.146. The van der Waals surface area contributed by atoms with Gasteiger partial charge < -0.3 is 28.4 Å². The Morgan fingerprint density at radius 2 is 0.957 bits per heavy atom. The highest BCUT2D eigenvalue weighted by atomic mass is 79.9. The third kappa shape index (κ3) is 10.4. The van der Waals surface area contributed by atoms with Crippen LogP contribution < -0.4 is 18.9 Å². The van der Waals surface area contributed by atoms with E-state index in [1.165, 1.54) is 0 Å². The van der Waals surface area contributed by atoms with Gasteiger partial charge in [0.25, 0.3) is 0 Å². The van der Waals surface area contributed by atoms with E-state index in [-0.39, 0.29) is 7.43 Å². The molecule has 8 nitrogen and oxygen atoms in total. The number of methoxy groups -OCH3 is 2. The van der Waals surface area contributed by atoms with Gasteiger partial charge in [-0.05, 0) is 117 Å². The first-order valence-corrected chi connectivity index (χ1v) is 16.0. The summed E-state index contributed by atoms with van der Waals surface area (Å²) in [7, 11) is 3.30. The van der Waals surface area contributed by atoms with Gasteiger partial charge in [-0.25, -0.2) is 9.97 Å². The number of aromatic nitrogens is 2. The zero-order chi connectivity index (χ0) is 32.1. The first-order valence-electron chi connectivity index (χ1n) is 14.4. The molecule has 0 saturated heterocycles. The summed E-state index contributed by atoms with van der Waals surface area (Å²) in [5.41, 5.74) is 1.76. The summed E-state index contributed by atoms with van der Waals surface area (Å²) in [6.45, 7) is 2.15. The number of rotatable bonds is 12. The molecule has 0 radical (unpaired) electrons. The fourth-order valence-corrected chi connectivity index (χ4v) is 5.00. The third-order valence-electron chi connectivity index (χ3n) is 6.51. The highest BCUT2D eigenvalue weighted by Crippen LogP contribution is 2.32. The van der Waals surface area contributed by atoms with E-state index in [9.17, 15) is 0 Å². The van der Waals surface area contributed by atoms with Gasteiger partial charge in [-0.1, -0.05) is 25.6 Å². The number of hydrogen-bond acceptors (Lipinski definition) is 8. The zero-order valence-electron chi connectivity index (χ0n) is 25.3. The van der Waals surface area contributed by atoms with Gasteiger partial charge in [-0.2, -0.15) is 0 Å². The minimum atomic E-state index is 0. The van der Waals surface area contributed by atoms with Gasteiger partial charge in [-0.3, -0.25) is 0 Å². The van der Waals surface area contributed by atoms with E-state index in [1.807, 2.05) is 109 Å². The predicted molar refractivity (Wildman–Crippen MR) is 193 cm³/mol. The Morgan fingerprint density at radius 3 is 1.51 bits per heavy atom. The fourth-order valence-electron chi connectivity index (χ4n) is 4.35. The molecule has 0 aliphatic heterocycles. The van der Waals surface area contributed by atoms with E-state index >= 15 is 0 Å². The van der Waals surface area contributed by atoms with Gasteiger partial charge in [0.2, 0.25) is 0 Å². The molecule has 10 heteroatoms. The second-order valence-corrected chi connectivity index (χ2v) is 11.4. The minimum Gasteiger partial charge on any atom is -0.491 e. The fraction of sp³-hybridized carbons (Fsp3) is 0.189. The molecule has 47 heavy (non-hydrogen) atoms. The topological polar surface area (TPSA) is 81.2 Å². The molecule has 0 bridgehead atoms. The maximum Gasteiger partial charge on any atom is 0.136 e. The Hall–Kier alpha value is -4.22. The average Bonchev–Trinajstić information content (AvgIpc) is 3.06. The van der Waals surface area contributed by atoms with Crippen molar-refractivity contribution in [1.82, 2.24) is 9.97 Å². The van der Waals surface area contributed by atoms with Crippen LogP contribution in [0.5, 0.6) is 34.5 Å². The van der Waals surface area contributed by atoms with Crippen molar-refractivity contribution in [2.45, 2.75) is 7.43 Å². The summed E-state index contributed by atoms with van der Waals surface area (Å²) in [6.07, 6.45) is 0. The second kappa shape index (κ2) is 18.2. The van der Waals surface area contributed by atoms with Crippen LogP contribution in [0.2, 0.25) is 0 Å². The number of hydrogen-bond donors (Lipinski definition) is 0. The maximum absolute atomic E-state index is 6.01. The first-order chi connectivity index (χ1) is 22.5. The molecular weight excluding hydrogens is 728 g/mol. The number of nitrogens with zero attached hydrogens (tertiary/aromatic N) is 2. The summed E-state index contributed by atoms with van der Waals surface area (Å²) in [6, 6.07) is 34.5. The van der Waals surface area contributed by atoms with Gasteiger partial charge in [-0.15, -0.1) is 0 Å². The van der Waals surface area contributed by atoms with E-state index in [4.69, 9.17) is 28.4 Å². The van der Waals surface area contributed by atoms with Crippen molar-refractivity contribution in [3.63, 3.8) is 0 Å². The number of pyridine rings is 2. The molecule has 0 unspecified atom stereocenters. The van der Waals surface area contributed by atoms with Crippen LogP contribution >= 0.6 is 31.9 Å². The van der Waals surface area contributed by atoms with Gasteiger partial charge in [0.15, 0.2) is 0 Å². The van der Waals surface area contributed by atoms with Gasteiger partial charge in [0, 0.05) is 31.1 Å². The second-order valence-electron chi connectivity index (χ2n) is 9.75. The van der Waals surface area contributed by atoms with Crippen molar-refractivity contribution in [3.05, 3.63) is 118 Å². The number of benzene rings is 4. The van der Waals surface area contributed by atoms with Crippen LogP contribution in [-0.4, -0.2) is 50.6 Å². The summed E-state index contributed by atoms with van der Waals surface area (Å²) >= 11 is 6.77. The molecule has 0 saturated carbocycles. The molecule has 0 spiro atoms. The van der Waals surface area contributed by atoms with Crippen LogP contribution in [0.3, 0.4) is 0 Å². The number of halogens is 2. The van der Waals surface area contributed by atoms with Crippen molar-refractivity contribution >= 4 is 53.7 Å². The van der Waals surface area contributed by atoms with Crippen molar-refractivity contribution in [1.29, 1.82) is 0 Å². The average molecular weight is 765 g/mol. The largest absolute Gasteiger partial charge is 0.491 e. The molecule has 6 aromatic rings. The van der Waals surface area contributed by atoms with Gasteiger partial charge in [0.05, 0.1) is 24.2 Å². The molecule has 0 amide bonds. The van der Waals surface area contributed by atoms with Crippen LogP contribution in [0.15, 0.2) is 118 Å². The number of ether oxygens (including phenoxy) is 6. The third-order valence-corrected chi connectivity index (χ3v) is 7.40. The molecule has 6 rings (SSSR count). The van der Waals surface area contributed by atoms with E-state index < -0.39 is 0 Å². The smallest absolute Gasteiger partial charge is 0.136 e. The maximum atomic E-state index is 6.01. The summed E-state index contributed by atoms with van der Waals surface area (Å²) in [5.74, 6) is 4.54. The lowest BCUT2D eigenvalue weighted by Crippen LogP contribution is -2.04. The van der Waals surface area contributed by atoms with Crippen LogP contribution in [-0.2, 0) is 9.47 Å². The lowest BCUT2D eigenvalue weighted by atomic mass is 10.2. The number of fused-ring (bicyclic) bond motifs is 2. The van der Waals surface area contributed by atoms with Crippen molar-refractivity contribution in [2.75, 3.05) is 40.6 Å². The van der Waals surface area contributed by atoms with Gasteiger partial charge >= 0.3 is 0 Å². The summed E-state index contributed by atoms with van der Waals surface area (Å²) in [4.78, 5) is 8.88. The predicted octanol–water partition coefficient (Wildman–Crippen LogP) is 10.3. The molecule has 0 atom stereocenters. The highest BCUT2D eigenvalue weighted by molar-refractivity contribution is 9.10. The summed E-state index contributed by atoms with van der Waals surface area (Å²) in [5, 5.41) is 1.93. The Bertz CT molecular complexity index is 1870. The lowest BCUT2D eigenvalue weighted by Gasteiger charge is -2.11. The van der Waals surface area contributed by atoms with Crippen molar-refractivity contribution in [3.8, 4) is 34.5 Å². The van der Waals surface area contributed by atoms with Crippen LogP contribution in [0, 0.1) is 0 Å². The standard InChI is InChI=1S/2C18H16BrNO3.CH4/c1-21-10-11-22-13-4-2-5-14(12-13)23-17-7-3-6-16-15(17)8-9-18(19)20-16;1-21-11-12-22-13-5-7-14(8-6-13)23-17-4-2-3-16-15(17)9-10-18(19)20-16;/h2-9,12H,10-11H2,1H3;2-10H,11-12H2,1H3;1H4. The molecule has 0 aliphatic carbocycles. The van der Waals surface area contributed by atoms with E-state index in [2.05, 4.69) is 41.8 Å². The monoisotopic (exact) mass is 762 g/mol. The Balaban J connectivity index is 0.000000208. The van der Waals surface area contributed by atoms with E-state index in [0.29, 0.717) is 26.4 Å². The molecule has 244 valence electrons. The molecule has 2 heterocycles. The van der Waals surface area contributed by atoms with E-state index in [0.717, 1.165) is 65.5 Å². The molecule has 2 aromatic heterocycles. The van der Waals surface area contributed by atoms with Crippen LogP contribution in [0.1, 0.15) is 7.43 Å². The Kier molecular flexibility index (Phi) is 13.8. The van der Waals surface area contributed by atoms with E-state index in [1.54, 1.807) is 14.2 Å². The Morgan fingerprint density at radius 1 is 0.489 bits per heavy atom. The highest BCUT2D eigenvalue weighted by Gasteiger charge is 2.07. The molecular formula is C37H36Br2N2O6. The molecule has 0 fully saturated rings. The quantitative estimate of drug-likeness (QED) is 0.0900.